The van der Waals surface area contributed by atoms with Gasteiger partial charge in [0.2, 0.25) is 5.91 Å². The number of rotatable bonds is 6. The second-order valence-corrected chi connectivity index (χ2v) is 6.94. The first-order chi connectivity index (χ1) is 12.0. The number of nitrogens with one attached hydrogen (secondary N) is 2. The standard InChI is InChI=1S/C19H18Cl2N2O2/c20-14-8-9-15(16(21)10-14)19(25)22-11-17(24)23-18(13-6-7-13)12-4-2-1-3-5-12/h1-5,8-10,13,18H,6-7,11H2,(H,22,25)(H,23,24). The molecule has 1 aliphatic carbocycles. The minimum absolute atomic E-state index is 0.00952. The quantitative estimate of drug-likeness (QED) is 0.800. The first-order valence-electron chi connectivity index (χ1n) is 8.12. The molecule has 0 saturated heterocycles. The minimum Gasteiger partial charge on any atom is -0.347 e. The number of hydrogen-bond acceptors (Lipinski definition) is 2. The van der Waals surface area contributed by atoms with E-state index in [0.29, 0.717) is 16.5 Å². The Balaban J connectivity index is 1.57. The fourth-order valence-corrected chi connectivity index (χ4v) is 3.21. The average Bonchev–Trinajstić information content (AvgIpc) is 3.43. The van der Waals surface area contributed by atoms with Crippen LogP contribution in [0.15, 0.2) is 48.5 Å². The highest BCUT2D eigenvalue weighted by atomic mass is 35.5. The molecule has 2 aromatic rings. The number of benzene rings is 2. The van der Waals surface area contributed by atoms with Crippen molar-refractivity contribution in [3.8, 4) is 0 Å². The van der Waals surface area contributed by atoms with Crippen LogP contribution in [0, 0.1) is 5.92 Å². The highest BCUT2D eigenvalue weighted by molar-refractivity contribution is 6.36. The van der Waals surface area contributed by atoms with E-state index in [4.69, 9.17) is 23.2 Å². The number of halogens is 2. The molecule has 2 N–H and O–H groups in total. The van der Waals surface area contributed by atoms with Gasteiger partial charge < -0.3 is 10.6 Å². The van der Waals surface area contributed by atoms with Gasteiger partial charge in [0.15, 0.2) is 0 Å². The van der Waals surface area contributed by atoms with Crippen LogP contribution >= 0.6 is 23.2 Å². The maximum atomic E-state index is 12.3. The molecule has 1 fully saturated rings. The molecule has 0 aromatic heterocycles. The Labute approximate surface area is 156 Å². The van der Waals surface area contributed by atoms with Gasteiger partial charge in [-0.3, -0.25) is 9.59 Å². The number of amides is 2. The van der Waals surface area contributed by atoms with Crippen LogP contribution in [0.4, 0.5) is 0 Å². The molecule has 1 aliphatic rings. The smallest absolute Gasteiger partial charge is 0.253 e. The number of carbonyl (C=O) groups is 2. The van der Waals surface area contributed by atoms with Crippen molar-refractivity contribution < 1.29 is 9.59 Å². The fraction of sp³-hybridized carbons (Fsp3) is 0.263. The van der Waals surface area contributed by atoms with Gasteiger partial charge in [0.25, 0.3) is 5.91 Å². The molecule has 0 aliphatic heterocycles. The van der Waals surface area contributed by atoms with Crippen molar-refractivity contribution in [2.45, 2.75) is 18.9 Å². The molecule has 0 bridgehead atoms. The van der Waals surface area contributed by atoms with Crippen LogP contribution in [-0.2, 0) is 4.79 Å². The first kappa shape index (κ1) is 17.8. The molecule has 2 amide bonds. The second kappa shape index (κ2) is 7.89. The average molecular weight is 377 g/mol. The summed E-state index contributed by atoms with van der Waals surface area (Å²) in [5.74, 6) is -0.161. The van der Waals surface area contributed by atoms with Gasteiger partial charge in [-0.05, 0) is 42.5 Å². The molecule has 0 heterocycles. The Morgan fingerprint density at radius 2 is 1.80 bits per heavy atom. The summed E-state index contributed by atoms with van der Waals surface area (Å²) in [5.41, 5.74) is 1.38. The SMILES string of the molecule is O=C(CNC(=O)c1ccc(Cl)cc1Cl)NC(c1ccccc1)C1CC1. The zero-order chi connectivity index (χ0) is 17.8. The van der Waals surface area contributed by atoms with Gasteiger partial charge in [0, 0.05) is 5.02 Å². The van der Waals surface area contributed by atoms with Crippen LogP contribution in [0.1, 0.15) is 34.8 Å². The van der Waals surface area contributed by atoms with Crippen LogP contribution in [0.25, 0.3) is 0 Å². The summed E-state index contributed by atoms with van der Waals surface area (Å²) in [6.45, 7) is -0.103. The molecule has 2 aromatic carbocycles. The monoisotopic (exact) mass is 376 g/mol. The van der Waals surface area contributed by atoms with Gasteiger partial charge in [0.05, 0.1) is 23.2 Å². The maximum Gasteiger partial charge on any atom is 0.253 e. The third-order valence-corrected chi connectivity index (χ3v) is 4.70. The molecule has 25 heavy (non-hydrogen) atoms. The van der Waals surface area contributed by atoms with Crippen molar-refractivity contribution in [2.75, 3.05) is 6.54 Å². The zero-order valence-corrected chi connectivity index (χ0v) is 15.0. The minimum atomic E-state index is -0.403. The van der Waals surface area contributed by atoms with E-state index in [0.717, 1.165) is 18.4 Å². The van der Waals surface area contributed by atoms with Gasteiger partial charge in [-0.1, -0.05) is 53.5 Å². The highest BCUT2D eigenvalue weighted by Crippen LogP contribution is 2.40. The van der Waals surface area contributed by atoms with E-state index in [1.807, 2.05) is 30.3 Å². The van der Waals surface area contributed by atoms with Crippen molar-refractivity contribution >= 4 is 35.0 Å². The van der Waals surface area contributed by atoms with Gasteiger partial charge in [-0.25, -0.2) is 0 Å². The van der Waals surface area contributed by atoms with E-state index in [1.54, 1.807) is 6.07 Å². The lowest BCUT2D eigenvalue weighted by molar-refractivity contribution is -0.121. The lowest BCUT2D eigenvalue weighted by Gasteiger charge is -2.19. The molecule has 4 nitrogen and oxygen atoms in total. The Kier molecular flexibility index (Phi) is 5.61. The lowest BCUT2D eigenvalue weighted by atomic mass is 10.0. The molecular weight excluding hydrogens is 359 g/mol. The van der Waals surface area contributed by atoms with Crippen molar-refractivity contribution in [3.05, 3.63) is 69.7 Å². The largest absolute Gasteiger partial charge is 0.347 e. The fourth-order valence-electron chi connectivity index (χ4n) is 2.72. The maximum absolute atomic E-state index is 12.3. The first-order valence-corrected chi connectivity index (χ1v) is 8.88. The van der Waals surface area contributed by atoms with Crippen LogP contribution in [0.5, 0.6) is 0 Å². The van der Waals surface area contributed by atoms with Gasteiger partial charge in [-0.2, -0.15) is 0 Å². The van der Waals surface area contributed by atoms with Crippen LogP contribution in [0.2, 0.25) is 10.0 Å². The van der Waals surface area contributed by atoms with Gasteiger partial charge in [-0.15, -0.1) is 0 Å². The Morgan fingerprint density at radius 3 is 2.44 bits per heavy atom. The van der Waals surface area contributed by atoms with Gasteiger partial charge >= 0.3 is 0 Å². The van der Waals surface area contributed by atoms with E-state index in [1.165, 1.54) is 12.1 Å². The number of hydrogen-bond donors (Lipinski definition) is 2. The third-order valence-electron chi connectivity index (χ3n) is 4.15. The second-order valence-electron chi connectivity index (χ2n) is 6.10. The molecule has 1 atom stereocenters. The molecule has 3 rings (SSSR count). The van der Waals surface area contributed by atoms with E-state index in [-0.39, 0.29) is 23.5 Å². The summed E-state index contributed by atoms with van der Waals surface area (Å²) >= 11 is 11.8. The molecule has 1 unspecified atom stereocenters. The molecular formula is C19H18Cl2N2O2. The van der Waals surface area contributed by atoms with Crippen molar-refractivity contribution in [2.24, 2.45) is 5.92 Å². The predicted octanol–water partition coefficient (Wildman–Crippen LogP) is 3.99. The Hall–Kier alpha value is -2.04. The van der Waals surface area contributed by atoms with E-state index in [9.17, 15) is 9.59 Å². The van der Waals surface area contributed by atoms with Crippen LogP contribution in [-0.4, -0.2) is 18.4 Å². The Bertz CT molecular complexity index is 776. The van der Waals surface area contributed by atoms with Crippen LogP contribution in [0.3, 0.4) is 0 Å². The predicted molar refractivity (Wildman–Crippen MR) is 98.8 cm³/mol. The zero-order valence-electron chi connectivity index (χ0n) is 13.5. The van der Waals surface area contributed by atoms with Crippen LogP contribution < -0.4 is 10.6 Å². The highest BCUT2D eigenvalue weighted by Gasteiger charge is 2.33. The topological polar surface area (TPSA) is 58.2 Å². The molecule has 6 heteroatoms. The third kappa shape index (κ3) is 4.74. The Morgan fingerprint density at radius 1 is 1.08 bits per heavy atom. The molecule has 0 spiro atoms. The lowest BCUT2D eigenvalue weighted by Crippen LogP contribution is -2.39. The summed E-state index contributed by atoms with van der Waals surface area (Å²) in [6.07, 6.45) is 2.21. The number of carbonyl (C=O) groups excluding carboxylic acids is 2. The summed E-state index contributed by atoms with van der Waals surface area (Å²) in [6, 6.07) is 14.5. The van der Waals surface area contributed by atoms with Crippen molar-refractivity contribution in [3.63, 3.8) is 0 Å². The summed E-state index contributed by atoms with van der Waals surface area (Å²) < 4.78 is 0. The van der Waals surface area contributed by atoms with E-state index in [2.05, 4.69) is 10.6 Å². The molecule has 1 saturated carbocycles. The van der Waals surface area contributed by atoms with Gasteiger partial charge in [0.1, 0.15) is 0 Å². The van der Waals surface area contributed by atoms with E-state index >= 15 is 0 Å². The van der Waals surface area contributed by atoms with Crippen molar-refractivity contribution in [1.82, 2.24) is 10.6 Å². The summed E-state index contributed by atoms with van der Waals surface area (Å²) in [4.78, 5) is 24.4. The molecule has 130 valence electrons. The normalized spacial score (nSPS) is 14.6. The van der Waals surface area contributed by atoms with Crippen molar-refractivity contribution in [1.29, 1.82) is 0 Å². The van der Waals surface area contributed by atoms with E-state index < -0.39 is 5.91 Å². The summed E-state index contributed by atoms with van der Waals surface area (Å²) in [5, 5.41) is 6.32. The molecule has 0 radical (unpaired) electrons. The summed E-state index contributed by atoms with van der Waals surface area (Å²) in [7, 11) is 0.